The fourth-order valence-electron chi connectivity index (χ4n) is 2.61. The summed E-state index contributed by atoms with van der Waals surface area (Å²) in [5.74, 6) is 0.686. The molecule has 7 heteroatoms. The van der Waals surface area contributed by atoms with Gasteiger partial charge in [-0.1, -0.05) is 23.2 Å². The molecule has 22 heavy (non-hydrogen) atoms. The van der Waals surface area contributed by atoms with Gasteiger partial charge in [-0.2, -0.15) is 0 Å². The third-order valence-corrected chi connectivity index (χ3v) is 4.83. The van der Waals surface area contributed by atoms with Crippen LogP contribution in [0.1, 0.15) is 0 Å². The van der Waals surface area contributed by atoms with Crippen LogP contribution in [-0.4, -0.2) is 73.2 Å². The highest BCUT2D eigenvalue weighted by Gasteiger charge is 2.35. The number of benzene rings is 1. The number of likely N-dealkylation sites (N-methyl/N-ethyl adjacent to an activating group) is 1. The topological polar surface area (TPSA) is 36.0 Å². The maximum atomic E-state index is 12.3. The summed E-state index contributed by atoms with van der Waals surface area (Å²) in [6.07, 6.45) is 0.0219. The summed E-state index contributed by atoms with van der Waals surface area (Å²) in [5.41, 5.74) is 0. The first-order chi connectivity index (χ1) is 10.5. The van der Waals surface area contributed by atoms with Crippen LogP contribution in [-0.2, 0) is 0 Å². The molecular formula is C15H19Cl2N3O2. The van der Waals surface area contributed by atoms with Crippen LogP contribution < -0.4 is 4.74 Å². The van der Waals surface area contributed by atoms with Crippen LogP contribution >= 0.6 is 23.2 Å². The Labute approximate surface area is 140 Å². The number of carbonyl (C=O) groups excluding carboxylic acids is 1. The van der Waals surface area contributed by atoms with Crippen LogP contribution in [0.4, 0.5) is 4.79 Å². The number of hydrogen-bond donors (Lipinski definition) is 0. The fraction of sp³-hybridized carbons (Fsp3) is 0.533. The van der Waals surface area contributed by atoms with Gasteiger partial charge in [-0.25, -0.2) is 4.79 Å². The van der Waals surface area contributed by atoms with E-state index in [0.29, 0.717) is 28.9 Å². The van der Waals surface area contributed by atoms with Crippen LogP contribution in [0.5, 0.6) is 5.75 Å². The Bertz CT molecular complexity index is 556. The average Bonchev–Trinajstić information content (AvgIpc) is 2.46. The van der Waals surface area contributed by atoms with Crippen LogP contribution in [0.3, 0.4) is 0 Å². The molecular weight excluding hydrogens is 325 g/mol. The number of urea groups is 1. The standard InChI is InChI=1S/C15H19Cl2N3O2/c1-18-4-6-19(7-5-18)15(21)20-9-12(10-20)22-11-2-3-13(16)14(17)8-11/h2-3,8,12H,4-7,9-10H2,1H3. The largest absolute Gasteiger partial charge is 0.487 e. The fourth-order valence-corrected chi connectivity index (χ4v) is 2.90. The summed E-state index contributed by atoms with van der Waals surface area (Å²) in [6.45, 7) is 4.69. The molecule has 0 radical (unpaired) electrons. The molecule has 2 aliphatic rings. The number of carbonyl (C=O) groups is 1. The van der Waals surface area contributed by atoms with E-state index in [-0.39, 0.29) is 12.1 Å². The van der Waals surface area contributed by atoms with E-state index < -0.39 is 0 Å². The van der Waals surface area contributed by atoms with Crippen molar-refractivity contribution in [3.05, 3.63) is 28.2 Å². The second kappa shape index (κ2) is 6.52. The van der Waals surface area contributed by atoms with E-state index in [9.17, 15) is 4.79 Å². The third kappa shape index (κ3) is 3.42. The molecule has 2 amide bonds. The highest BCUT2D eigenvalue weighted by Crippen LogP contribution is 2.28. The summed E-state index contributed by atoms with van der Waals surface area (Å²) in [5, 5.41) is 0.985. The van der Waals surface area contributed by atoms with E-state index in [1.807, 2.05) is 9.80 Å². The summed E-state index contributed by atoms with van der Waals surface area (Å²) in [6, 6.07) is 5.32. The van der Waals surface area contributed by atoms with Crippen LogP contribution in [0.2, 0.25) is 10.0 Å². The number of amides is 2. The molecule has 0 bridgehead atoms. The van der Waals surface area contributed by atoms with Gasteiger partial charge in [0.1, 0.15) is 11.9 Å². The van der Waals surface area contributed by atoms with Crippen molar-refractivity contribution < 1.29 is 9.53 Å². The zero-order chi connectivity index (χ0) is 15.7. The van der Waals surface area contributed by atoms with Gasteiger partial charge in [0.05, 0.1) is 23.1 Å². The molecule has 0 atom stereocenters. The minimum absolute atomic E-state index is 0.0219. The molecule has 120 valence electrons. The second-order valence-electron chi connectivity index (χ2n) is 5.79. The number of rotatable bonds is 2. The van der Waals surface area contributed by atoms with Crippen LogP contribution in [0.15, 0.2) is 18.2 Å². The molecule has 0 aliphatic carbocycles. The third-order valence-electron chi connectivity index (χ3n) is 4.09. The Morgan fingerprint density at radius 2 is 1.77 bits per heavy atom. The van der Waals surface area contributed by atoms with E-state index in [1.165, 1.54) is 0 Å². The van der Waals surface area contributed by atoms with Crippen molar-refractivity contribution >= 4 is 29.2 Å². The number of halogens is 2. The molecule has 3 rings (SSSR count). The van der Waals surface area contributed by atoms with Crippen molar-refractivity contribution in [3.63, 3.8) is 0 Å². The van der Waals surface area contributed by atoms with Crippen molar-refractivity contribution in [2.75, 3.05) is 46.3 Å². The number of piperazine rings is 1. The molecule has 2 heterocycles. The van der Waals surface area contributed by atoms with E-state index in [0.717, 1.165) is 26.2 Å². The van der Waals surface area contributed by atoms with Crippen molar-refractivity contribution in [1.82, 2.24) is 14.7 Å². The smallest absolute Gasteiger partial charge is 0.320 e. The Kier molecular flexibility index (Phi) is 4.66. The lowest BCUT2D eigenvalue weighted by atomic mass is 10.1. The quantitative estimate of drug-likeness (QED) is 0.827. The summed E-state index contributed by atoms with van der Waals surface area (Å²) in [4.78, 5) is 18.3. The van der Waals surface area contributed by atoms with Gasteiger partial charge in [-0.15, -0.1) is 0 Å². The lowest BCUT2D eigenvalue weighted by Crippen LogP contribution is -2.61. The SMILES string of the molecule is CN1CCN(C(=O)N2CC(Oc3ccc(Cl)c(Cl)c3)C2)CC1. The van der Waals surface area contributed by atoms with E-state index in [2.05, 4.69) is 11.9 Å². The van der Waals surface area contributed by atoms with Crippen molar-refractivity contribution in [1.29, 1.82) is 0 Å². The molecule has 2 aliphatic heterocycles. The first kappa shape index (κ1) is 15.7. The normalized spacial score (nSPS) is 20.0. The Hall–Kier alpha value is -1.17. The monoisotopic (exact) mass is 343 g/mol. The van der Waals surface area contributed by atoms with Gasteiger partial charge < -0.3 is 19.4 Å². The minimum Gasteiger partial charge on any atom is -0.487 e. The lowest BCUT2D eigenvalue weighted by Gasteiger charge is -2.43. The van der Waals surface area contributed by atoms with Gasteiger partial charge in [-0.3, -0.25) is 0 Å². The molecule has 2 saturated heterocycles. The summed E-state index contributed by atoms with van der Waals surface area (Å²) in [7, 11) is 2.08. The van der Waals surface area contributed by atoms with Crippen molar-refractivity contribution in [2.45, 2.75) is 6.10 Å². The van der Waals surface area contributed by atoms with E-state index >= 15 is 0 Å². The van der Waals surface area contributed by atoms with Gasteiger partial charge in [0, 0.05) is 32.2 Å². The highest BCUT2D eigenvalue weighted by molar-refractivity contribution is 6.42. The molecule has 0 saturated carbocycles. The molecule has 0 spiro atoms. The van der Waals surface area contributed by atoms with Crippen molar-refractivity contribution in [3.8, 4) is 5.75 Å². The van der Waals surface area contributed by atoms with Crippen LogP contribution in [0.25, 0.3) is 0 Å². The highest BCUT2D eigenvalue weighted by atomic mass is 35.5. The van der Waals surface area contributed by atoms with Gasteiger partial charge in [0.15, 0.2) is 0 Å². The Balaban J connectivity index is 1.47. The summed E-state index contributed by atoms with van der Waals surface area (Å²) >= 11 is 11.8. The second-order valence-corrected chi connectivity index (χ2v) is 6.61. The first-order valence-electron chi connectivity index (χ1n) is 7.37. The van der Waals surface area contributed by atoms with Gasteiger partial charge in [0.2, 0.25) is 0 Å². The molecule has 1 aromatic carbocycles. The molecule has 2 fully saturated rings. The molecule has 1 aromatic rings. The Morgan fingerprint density at radius 3 is 2.41 bits per heavy atom. The van der Waals surface area contributed by atoms with Gasteiger partial charge in [0.25, 0.3) is 0 Å². The number of hydrogen-bond acceptors (Lipinski definition) is 3. The molecule has 5 nitrogen and oxygen atoms in total. The molecule has 0 aromatic heterocycles. The molecule has 0 unspecified atom stereocenters. The summed E-state index contributed by atoms with van der Waals surface area (Å²) < 4.78 is 5.81. The van der Waals surface area contributed by atoms with E-state index in [4.69, 9.17) is 27.9 Å². The lowest BCUT2D eigenvalue weighted by molar-refractivity contribution is 0.0257. The van der Waals surface area contributed by atoms with Gasteiger partial charge in [-0.05, 0) is 19.2 Å². The van der Waals surface area contributed by atoms with Gasteiger partial charge >= 0.3 is 6.03 Å². The van der Waals surface area contributed by atoms with Crippen LogP contribution in [0, 0.1) is 0 Å². The van der Waals surface area contributed by atoms with E-state index in [1.54, 1.807) is 18.2 Å². The minimum atomic E-state index is 0.0219. The maximum absolute atomic E-state index is 12.3. The zero-order valence-electron chi connectivity index (χ0n) is 12.5. The predicted molar refractivity (Wildman–Crippen MR) is 86.9 cm³/mol. The number of likely N-dealkylation sites (tertiary alicyclic amines) is 1. The van der Waals surface area contributed by atoms with Crippen molar-refractivity contribution in [2.24, 2.45) is 0 Å². The average molecular weight is 344 g/mol. The predicted octanol–water partition coefficient (Wildman–Crippen LogP) is 2.42. The maximum Gasteiger partial charge on any atom is 0.320 e. The Morgan fingerprint density at radius 1 is 1.09 bits per heavy atom. The molecule has 0 N–H and O–H groups in total. The number of ether oxygens (including phenoxy) is 1. The number of nitrogens with zero attached hydrogens (tertiary/aromatic N) is 3. The zero-order valence-corrected chi connectivity index (χ0v) is 14.0. The first-order valence-corrected chi connectivity index (χ1v) is 8.12.